The highest BCUT2D eigenvalue weighted by molar-refractivity contribution is 7.99. The number of rotatable bonds is 4. The normalized spacial score (nSPS) is 14.5. The van der Waals surface area contributed by atoms with Crippen molar-refractivity contribution in [1.29, 1.82) is 0 Å². The van der Waals surface area contributed by atoms with E-state index < -0.39 is 0 Å². The van der Waals surface area contributed by atoms with Gasteiger partial charge in [0.1, 0.15) is 0 Å². The molecule has 2 rings (SSSR count). The summed E-state index contributed by atoms with van der Waals surface area (Å²) in [7, 11) is 0. The summed E-state index contributed by atoms with van der Waals surface area (Å²) in [5, 5.41) is 5.54. The Morgan fingerprint density at radius 3 is 2.72 bits per heavy atom. The minimum Gasteiger partial charge on any atom is -0.336 e. The molecule has 1 aromatic carbocycles. The monoisotopic (exact) mass is 265 g/mol. The second kappa shape index (κ2) is 5.77. The van der Waals surface area contributed by atoms with Gasteiger partial charge in [0.2, 0.25) is 5.91 Å². The van der Waals surface area contributed by atoms with Crippen LogP contribution in [-0.2, 0) is 4.79 Å². The number of hydrogen-bond donors (Lipinski definition) is 2. The van der Waals surface area contributed by atoms with Crippen LogP contribution in [0.5, 0.6) is 0 Å². The third-order valence-corrected chi connectivity index (χ3v) is 3.15. The third-order valence-electron chi connectivity index (χ3n) is 2.59. The zero-order valence-electron chi connectivity index (χ0n) is 10.1. The summed E-state index contributed by atoms with van der Waals surface area (Å²) in [5.41, 5.74) is 1.59. The molecular weight excluding hydrogens is 250 g/mol. The maximum Gasteiger partial charge on any atom is 0.321 e. The number of carbonyl (C=O) groups excluding carboxylic acids is 2. The maximum atomic E-state index is 11.5. The van der Waals surface area contributed by atoms with Crippen molar-refractivity contribution in [2.24, 2.45) is 0 Å². The van der Waals surface area contributed by atoms with Crippen LogP contribution in [0.25, 0.3) is 0 Å². The Bertz CT molecular complexity index is 447. The van der Waals surface area contributed by atoms with E-state index in [4.69, 9.17) is 0 Å². The van der Waals surface area contributed by atoms with Crippen LogP contribution in [0.1, 0.15) is 0 Å². The minimum absolute atomic E-state index is 0.0193. The Labute approximate surface area is 110 Å². The molecule has 1 aliphatic rings. The fourth-order valence-electron chi connectivity index (χ4n) is 1.77. The molecule has 0 bridgehead atoms. The Hall–Kier alpha value is -1.69. The fraction of sp³-hybridized carbons (Fsp3) is 0.333. The topological polar surface area (TPSA) is 61.4 Å². The van der Waals surface area contributed by atoms with E-state index in [9.17, 15) is 9.59 Å². The standard InChI is InChI=1S/C12H15N3O2S/c1-18-8-11(16)14-9-2-4-10(5-3-9)15-7-6-13-12(15)17/h2-5H,6-8H2,1H3,(H,13,17)(H,14,16). The van der Waals surface area contributed by atoms with Crippen LogP contribution in [0.4, 0.5) is 16.2 Å². The smallest absolute Gasteiger partial charge is 0.321 e. The van der Waals surface area contributed by atoms with Crippen LogP contribution < -0.4 is 15.5 Å². The van der Waals surface area contributed by atoms with Crippen molar-refractivity contribution in [2.75, 3.05) is 35.3 Å². The van der Waals surface area contributed by atoms with E-state index in [1.54, 1.807) is 17.0 Å². The van der Waals surface area contributed by atoms with E-state index in [0.29, 0.717) is 18.8 Å². The summed E-state index contributed by atoms with van der Waals surface area (Å²) in [6.07, 6.45) is 1.88. The molecule has 1 saturated heterocycles. The van der Waals surface area contributed by atoms with Gasteiger partial charge in [-0.2, -0.15) is 11.8 Å². The molecular formula is C12H15N3O2S. The molecule has 6 heteroatoms. The molecule has 1 aromatic rings. The summed E-state index contributed by atoms with van der Waals surface area (Å²) >= 11 is 1.48. The highest BCUT2D eigenvalue weighted by Crippen LogP contribution is 2.19. The maximum absolute atomic E-state index is 11.5. The number of thioether (sulfide) groups is 1. The zero-order chi connectivity index (χ0) is 13.0. The zero-order valence-corrected chi connectivity index (χ0v) is 10.9. The van der Waals surface area contributed by atoms with Crippen molar-refractivity contribution >= 4 is 35.1 Å². The van der Waals surface area contributed by atoms with Crippen LogP contribution in [0.15, 0.2) is 24.3 Å². The van der Waals surface area contributed by atoms with Gasteiger partial charge in [-0.05, 0) is 30.5 Å². The number of urea groups is 1. The van der Waals surface area contributed by atoms with Gasteiger partial charge in [0.25, 0.3) is 0 Å². The number of benzene rings is 1. The van der Waals surface area contributed by atoms with E-state index in [0.717, 1.165) is 11.4 Å². The molecule has 0 spiro atoms. The number of carbonyl (C=O) groups is 2. The van der Waals surface area contributed by atoms with Gasteiger partial charge in [-0.3, -0.25) is 9.69 Å². The van der Waals surface area contributed by atoms with E-state index in [2.05, 4.69) is 10.6 Å². The van der Waals surface area contributed by atoms with Gasteiger partial charge in [0.15, 0.2) is 0 Å². The molecule has 96 valence electrons. The molecule has 0 aliphatic carbocycles. The van der Waals surface area contributed by atoms with E-state index >= 15 is 0 Å². The van der Waals surface area contributed by atoms with Gasteiger partial charge >= 0.3 is 6.03 Å². The van der Waals surface area contributed by atoms with Gasteiger partial charge in [-0.1, -0.05) is 0 Å². The first-order chi connectivity index (χ1) is 8.70. The number of anilines is 2. The van der Waals surface area contributed by atoms with Gasteiger partial charge < -0.3 is 10.6 Å². The van der Waals surface area contributed by atoms with Gasteiger partial charge in [0, 0.05) is 24.5 Å². The molecule has 5 nitrogen and oxygen atoms in total. The first-order valence-corrected chi connectivity index (χ1v) is 7.04. The van der Waals surface area contributed by atoms with Gasteiger partial charge in [-0.25, -0.2) is 4.79 Å². The third kappa shape index (κ3) is 2.95. The SMILES string of the molecule is CSCC(=O)Nc1ccc(N2CCNC2=O)cc1. The lowest BCUT2D eigenvalue weighted by atomic mass is 10.2. The van der Waals surface area contributed by atoms with E-state index in [1.165, 1.54) is 11.8 Å². The lowest BCUT2D eigenvalue weighted by molar-refractivity contribution is -0.113. The molecule has 1 heterocycles. The molecule has 1 aliphatic heterocycles. The molecule has 0 saturated carbocycles. The first kappa shape index (κ1) is 12.8. The molecule has 0 atom stereocenters. The second-order valence-electron chi connectivity index (χ2n) is 3.91. The second-order valence-corrected chi connectivity index (χ2v) is 4.78. The Balaban J connectivity index is 2.01. The molecule has 18 heavy (non-hydrogen) atoms. The summed E-state index contributed by atoms with van der Waals surface area (Å²) in [5.74, 6) is 0.421. The van der Waals surface area contributed by atoms with Crippen LogP contribution >= 0.6 is 11.8 Å². The average Bonchev–Trinajstić information content (AvgIpc) is 2.77. The van der Waals surface area contributed by atoms with Gasteiger partial charge in [-0.15, -0.1) is 0 Å². The molecule has 2 N–H and O–H groups in total. The van der Waals surface area contributed by atoms with Crippen LogP contribution in [0, 0.1) is 0 Å². The number of amides is 3. The number of nitrogens with zero attached hydrogens (tertiary/aromatic N) is 1. The largest absolute Gasteiger partial charge is 0.336 e. The predicted octanol–water partition coefficient (Wildman–Crippen LogP) is 1.52. The molecule has 0 radical (unpaired) electrons. The average molecular weight is 265 g/mol. The van der Waals surface area contributed by atoms with Crippen LogP contribution in [0.3, 0.4) is 0 Å². The van der Waals surface area contributed by atoms with E-state index in [1.807, 2.05) is 18.4 Å². The summed E-state index contributed by atoms with van der Waals surface area (Å²) in [6, 6.07) is 7.20. The van der Waals surface area contributed by atoms with Crippen molar-refractivity contribution in [3.63, 3.8) is 0 Å². The number of hydrogen-bond acceptors (Lipinski definition) is 3. The highest BCUT2D eigenvalue weighted by Gasteiger charge is 2.20. The lowest BCUT2D eigenvalue weighted by Crippen LogP contribution is -2.27. The van der Waals surface area contributed by atoms with Crippen molar-refractivity contribution < 1.29 is 9.59 Å². The Kier molecular flexibility index (Phi) is 4.09. The van der Waals surface area contributed by atoms with E-state index in [-0.39, 0.29) is 11.9 Å². The molecule has 0 unspecified atom stereocenters. The lowest BCUT2D eigenvalue weighted by Gasteiger charge is -2.14. The first-order valence-electron chi connectivity index (χ1n) is 5.65. The molecule has 3 amide bonds. The van der Waals surface area contributed by atoms with Crippen molar-refractivity contribution in [2.45, 2.75) is 0 Å². The summed E-state index contributed by atoms with van der Waals surface area (Å²) < 4.78 is 0. The summed E-state index contributed by atoms with van der Waals surface area (Å²) in [6.45, 7) is 1.35. The van der Waals surface area contributed by atoms with Crippen molar-refractivity contribution in [3.05, 3.63) is 24.3 Å². The fourth-order valence-corrected chi connectivity index (χ4v) is 2.11. The quantitative estimate of drug-likeness (QED) is 0.867. The van der Waals surface area contributed by atoms with Crippen LogP contribution in [-0.4, -0.2) is 37.0 Å². The van der Waals surface area contributed by atoms with Gasteiger partial charge in [0.05, 0.1) is 5.75 Å². The number of nitrogens with one attached hydrogen (secondary N) is 2. The minimum atomic E-state index is -0.0748. The molecule has 0 aromatic heterocycles. The molecule has 1 fully saturated rings. The highest BCUT2D eigenvalue weighted by atomic mass is 32.2. The van der Waals surface area contributed by atoms with Crippen molar-refractivity contribution in [3.8, 4) is 0 Å². The Morgan fingerprint density at radius 2 is 2.17 bits per heavy atom. The Morgan fingerprint density at radius 1 is 1.44 bits per heavy atom. The predicted molar refractivity (Wildman–Crippen MR) is 74.2 cm³/mol. The summed E-state index contributed by atoms with van der Waals surface area (Å²) in [4.78, 5) is 24.5. The van der Waals surface area contributed by atoms with Crippen LogP contribution in [0.2, 0.25) is 0 Å². The van der Waals surface area contributed by atoms with Crippen molar-refractivity contribution in [1.82, 2.24) is 5.32 Å².